The second-order valence-electron chi connectivity index (χ2n) is 6.14. The third kappa shape index (κ3) is 4.90. The number of H-pyrrole nitrogens is 1. The summed E-state index contributed by atoms with van der Waals surface area (Å²) in [6, 6.07) is 6.94. The minimum absolute atomic E-state index is 0.0461. The highest BCUT2D eigenvalue weighted by Gasteiger charge is 2.20. The molecule has 2 aromatic rings. The molecule has 8 nitrogen and oxygen atoms in total. The molecular formula is C17H19N3O5. The Bertz CT molecular complexity index is 893. The van der Waals surface area contributed by atoms with Gasteiger partial charge >= 0.3 is 12.1 Å². The van der Waals surface area contributed by atoms with Gasteiger partial charge in [-0.2, -0.15) is 0 Å². The number of rotatable bonds is 3. The summed E-state index contributed by atoms with van der Waals surface area (Å²) in [4.78, 5) is 42.8. The van der Waals surface area contributed by atoms with Crippen LogP contribution < -0.4 is 10.9 Å². The van der Waals surface area contributed by atoms with Gasteiger partial charge < -0.3 is 14.5 Å². The first-order valence-electron chi connectivity index (χ1n) is 7.48. The lowest BCUT2D eigenvalue weighted by Crippen LogP contribution is -2.34. The van der Waals surface area contributed by atoms with Crippen LogP contribution in [0.25, 0.3) is 17.1 Å². The number of nitrogens with zero attached hydrogens (tertiary/aromatic N) is 1. The highest BCUT2D eigenvalue weighted by atomic mass is 16.6. The van der Waals surface area contributed by atoms with E-state index in [-0.39, 0.29) is 11.4 Å². The fraction of sp³-hybridized carbons (Fsp3) is 0.294. The average Bonchev–Trinajstić information content (AvgIpc) is 2.52. The van der Waals surface area contributed by atoms with Crippen molar-refractivity contribution >= 4 is 29.2 Å². The van der Waals surface area contributed by atoms with E-state index in [1.165, 1.54) is 0 Å². The predicted octanol–water partition coefficient (Wildman–Crippen LogP) is 1.96. The van der Waals surface area contributed by atoms with Crippen LogP contribution in [0.2, 0.25) is 0 Å². The van der Waals surface area contributed by atoms with E-state index in [2.05, 4.69) is 20.0 Å². The Labute approximate surface area is 143 Å². The number of nitrogens with one attached hydrogen (secondary N) is 2. The number of esters is 1. The predicted molar refractivity (Wildman–Crippen MR) is 91.7 cm³/mol. The number of amides is 1. The zero-order chi connectivity index (χ0) is 18.6. The number of carbonyl (C=O) groups is 2. The molecule has 0 saturated heterocycles. The van der Waals surface area contributed by atoms with Gasteiger partial charge in [-0.25, -0.2) is 14.6 Å². The van der Waals surface area contributed by atoms with Crippen molar-refractivity contribution < 1.29 is 19.1 Å². The second-order valence-corrected chi connectivity index (χ2v) is 6.14. The van der Waals surface area contributed by atoms with Gasteiger partial charge in [-0.1, -0.05) is 12.1 Å². The van der Waals surface area contributed by atoms with E-state index >= 15 is 0 Å². The lowest BCUT2D eigenvalue weighted by Gasteiger charge is -2.20. The van der Waals surface area contributed by atoms with E-state index in [1.807, 2.05) is 0 Å². The number of aromatic nitrogens is 2. The lowest BCUT2D eigenvalue weighted by atomic mass is 10.2. The molecule has 0 atom stereocenters. The zero-order valence-corrected chi connectivity index (χ0v) is 14.4. The molecular weight excluding hydrogens is 326 g/mol. The van der Waals surface area contributed by atoms with E-state index in [9.17, 15) is 14.4 Å². The minimum Gasteiger partial charge on any atom is -0.464 e. The Morgan fingerprint density at radius 3 is 2.56 bits per heavy atom. The van der Waals surface area contributed by atoms with Gasteiger partial charge in [0.25, 0.3) is 5.56 Å². The number of methoxy groups -OCH3 is 1. The number of carbonyl (C=O) groups excluding carboxylic acids is 2. The van der Waals surface area contributed by atoms with Crippen molar-refractivity contribution in [1.29, 1.82) is 0 Å². The first-order chi connectivity index (χ1) is 11.7. The van der Waals surface area contributed by atoms with E-state index in [0.717, 1.165) is 13.2 Å². The smallest absolute Gasteiger partial charge is 0.412 e. The number of aromatic amines is 1. The van der Waals surface area contributed by atoms with Crippen LogP contribution in [0.4, 0.5) is 4.79 Å². The number of fused-ring (bicyclic) bond motifs is 1. The first kappa shape index (κ1) is 18.2. The van der Waals surface area contributed by atoms with Crippen molar-refractivity contribution in [1.82, 2.24) is 15.3 Å². The molecule has 0 aliphatic heterocycles. The van der Waals surface area contributed by atoms with E-state index in [0.29, 0.717) is 11.0 Å². The largest absolute Gasteiger partial charge is 0.464 e. The van der Waals surface area contributed by atoms with Gasteiger partial charge in [0.15, 0.2) is 0 Å². The maximum absolute atomic E-state index is 12.1. The van der Waals surface area contributed by atoms with Crippen LogP contribution in [-0.2, 0) is 14.3 Å². The molecule has 0 aliphatic rings. The summed E-state index contributed by atoms with van der Waals surface area (Å²) in [5, 5.41) is 2.28. The summed E-state index contributed by atoms with van der Waals surface area (Å²) in [6.45, 7) is 5.05. The van der Waals surface area contributed by atoms with Crippen LogP contribution in [-0.4, -0.2) is 34.7 Å². The molecule has 8 heteroatoms. The lowest BCUT2D eigenvalue weighted by molar-refractivity contribution is -0.136. The van der Waals surface area contributed by atoms with Gasteiger partial charge in [-0.05, 0) is 32.9 Å². The third-order valence-electron chi connectivity index (χ3n) is 2.95. The van der Waals surface area contributed by atoms with E-state index in [1.54, 1.807) is 45.0 Å². The highest BCUT2D eigenvalue weighted by Crippen LogP contribution is 2.10. The van der Waals surface area contributed by atoms with Crippen LogP contribution in [0, 0.1) is 0 Å². The molecule has 0 unspecified atom stereocenters. The van der Waals surface area contributed by atoms with Crippen molar-refractivity contribution in [2.24, 2.45) is 0 Å². The van der Waals surface area contributed by atoms with Crippen LogP contribution >= 0.6 is 0 Å². The van der Waals surface area contributed by atoms with Crippen molar-refractivity contribution in [2.45, 2.75) is 26.4 Å². The summed E-state index contributed by atoms with van der Waals surface area (Å²) in [7, 11) is 1.16. The normalized spacial score (nSPS) is 11.9. The SMILES string of the molecule is COC(=O)/C(=C/c1nc2ccccc2[nH]c1=O)NC(=O)OC(C)(C)C. The molecule has 1 amide bonds. The third-order valence-corrected chi connectivity index (χ3v) is 2.95. The molecule has 0 spiro atoms. The minimum atomic E-state index is -0.846. The molecule has 2 N–H and O–H groups in total. The van der Waals surface area contributed by atoms with Crippen molar-refractivity contribution in [3.05, 3.63) is 46.0 Å². The Hall–Kier alpha value is -3.16. The van der Waals surface area contributed by atoms with Crippen molar-refractivity contribution in [2.75, 3.05) is 7.11 Å². The highest BCUT2D eigenvalue weighted by molar-refractivity contribution is 5.96. The molecule has 0 radical (unpaired) electrons. The average molecular weight is 345 g/mol. The maximum atomic E-state index is 12.1. The molecule has 0 fully saturated rings. The molecule has 0 bridgehead atoms. The topological polar surface area (TPSA) is 110 Å². The van der Waals surface area contributed by atoms with Crippen molar-refractivity contribution in [3.8, 4) is 0 Å². The van der Waals surface area contributed by atoms with Crippen LogP contribution in [0.5, 0.6) is 0 Å². The first-order valence-corrected chi connectivity index (χ1v) is 7.48. The van der Waals surface area contributed by atoms with Gasteiger partial charge in [-0.15, -0.1) is 0 Å². The molecule has 2 rings (SSSR count). The summed E-state index contributed by atoms with van der Waals surface area (Å²) >= 11 is 0. The standard InChI is InChI=1S/C17H19N3O5/c1-17(2,3)25-16(23)20-13(15(22)24-4)9-12-14(21)19-11-8-6-5-7-10(11)18-12/h5-9H,1-4H3,(H,19,21)(H,20,23)/b13-9-. The monoisotopic (exact) mass is 345 g/mol. The number of alkyl carbamates (subject to hydrolysis) is 1. The Balaban J connectivity index is 2.41. The van der Waals surface area contributed by atoms with E-state index in [4.69, 9.17) is 4.74 Å². The van der Waals surface area contributed by atoms with Gasteiger partial charge in [0.1, 0.15) is 17.0 Å². The van der Waals surface area contributed by atoms with Gasteiger partial charge in [0.05, 0.1) is 18.1 Å². The molecule has 0 saturated carbocycles. The number of hydrogen-bond acceptors (Lipinski definition) is 6. The molecule has 1 aromatic carbocycles. The van der Waals surface area contributed by atoms with Gasteiger partial charge in [-0.3, -0.25) is 10.1 Å². The fourth-order valence-corrected chi connectivity index (χ4v) is 1.95. The van der Waals surface area contributed by atoms with Gasteiger partial charge in [0, 0.05) is 6.08 Å². The second kappa shape index (κ2) is 7.16. The number of benzene rings is 1. The molecule has 132 valence electrons. The summed E-state index contributed by atoms with van der Waals surface area (Å²) in [6.07, 6.45) is 0.294. The Morgan fingerprint density at radius 2 is 1.92 bits per heavy atom. The summed E-state index contributed by atoms with van der Waals surface area (Å²) in [5.74, 6) is -0.833. The molecule has 1 aromatic heterocycles. The zero-order valence-electron chi connectivity index (χ0n) is 14.4. The van der Waals surface area contributed by atoms with Crippen LogP contribution in [0.1, 0.15) is 26.5 Å². The number of ether oxygens (including phenoxy) is 2. The van der Waals surface area contributed by atoms with E-state index < -0.39 is 23.2 Å². The van der Waals surface area contributed by atoms with Gasteiger partial charge in [0.2, 0.25) is 0 Å². The fourth-order valence-electron chi connectivity index (χ4n) is 1.95. The quantitative estimate of drug-likeness (QED) is 0.650. The summed E-state index contributed by atoms with van der Waals surface area (Å²) < 4.78 is 9.72. The number of hydrogen-bond donors (Lipinski definition) is 2. The van der Waals surface area contributed by atoms with Crippen molar-refractivity contribution in [3.63, 3.8) is 0 Å². The molecule has 0 aliphatic carbocycles. The Morgan fingerprint density at radius 1 is 1.24 bits per heavy atom. The maximum Gasteiger partial charge on any atom is 0.412 e. The number of para-hydroxylation sites is 2. The van der Waals surface area contributed by atoms with Crippen LogP contribution in [0.15, 0.2) is 34.8 Å². The molecule has 1 heterocycles. The molecule has 25 heavy (non-hydrogen) atoms. The Kier molecular flexibility index (Phi) is 5.21. The summed E-state index contributed by atoms with van der Waals surface area (Å²) in [5.41, 5.74) is -0.463. The van der Waals surface area contributed by atoms with Crippen LogP contribution in [0.3, 0.4) is 0 Å².